The lowest BCUT2D eigenvalue weighted by molar-refractivity contribution is -0.141. The zero-order valence-electron chi connectivity index (χ0n) is 15.9. The minimum Gasteiger partial charge on any atom is -0.368 e. The molecule has 1 aromatic rings. The van der Waals surface area contributed by atoms with Crippen molar-refractivity contribution in [1.82, 2.24) is 10.4 Å². The van der Waals surface area contributed by atoms with Crippen LogP contribution in [0.3, 0.4) is 0 Å². The number of hydroxylamine groups is 1. The molecule has 1 saturated heterocycles. The van der Waals surface area contributed by atoms with Gasteiger partial charge >= 0.3 is 0 Å². The third-order valence-electron chi connectivity index (χ3n) is 5.86. The molecule has 1 saturated carbocycles. The fourth-order valence-corrected chi connectivity index (χ4v) is 4.61. The molecule has 1 aromatic carbocycles. The third-order valence-corrected chi connectivity index (χ3v) is 6.60. The van der Waals surface area contributed by atoms with Gasteiger partial charge in [-0.1, -0.05) is 48.9 Å². The van der Waals surface area contributed by atoms with Gasteiger partial charge in [0.1, 0.15) is 0 Å². The summed E-state index contributed by atoms with van der Waals surface area (Å²) in [5, 5.41) is 9.93. The molecule has 2 aliphatic rings. The standard InChI is InChI=1S/C20H27Cl2N3O3/c21-17-6-5-16(13-18(17)22)24-7-9-25(10-8-24)20(27)15(12-19(26)23-28)11-14-3-1-2-4-14/h5-6,13-15,28H,1-4,7-12H2,(H,23,26)/t15-/m1/s1. The van der Waals surface area contributed by atoms with E-state index < -0.39 is 5.91 Å². The number of nitrogens with one attached hydrogen (secondary N) is 1. The zero-order valence-corrected chi connectivity index (χ0v) is 17.4. The highest BCUT2D eigenvalue weighted by Crippen LogP contribution is 2.33. The summed E-state index contributed by atoms with van der Waals surface area (Å²) >= 11 is 12.1. The third kappa shape index (κ3) is 5.31. The van der Waals surface area contributed by atoms with Crippen molar-refractivity contribution >= 4 is 40.7 Å². The molecule has 2 N–H and O–H groups in total. The lowest BCUT2D eigenvalue weighted by Gasteiger charge is -2.38. The van der Waals surface area contributed by atoms with Gasteiger partial charge in [0.2, 0.25) is 11.8 Å². The van der Waals surface area contributed by atoms with Crippen molar-refractivity contribution in [3.63, 3.8) is 0 Å². The molecule has 0 spiro atoms. The highest BCUT2D eigenvalue weighted by atomic mass is 35.5. The van der Waals surface area contributed by atoms with Gasteiger partial charge in [-0.15, -0.1) is 0 Å². The van der Waals surface area contributed by atoms with E-state index in [1.165, 1.54) is 12.8 Å². The molecule has 1 aliphatic carbocycles. The molecular formula is C20H27Cl2N3O3. The highest BCUT2D eigenvalue weighted by molar-refractivity contribution is 6.42. The van der Waals surface area contributed by atoms with Crippen molar-refractivity contribution in [3.8, 4) is 0 Å². The van der Waals surface area contributed by atoms with Gasteiger partial charge in [0.15, 0.2) is 0 Å². The first kappa shape index (κ1) is 21.2. The van der Waals surface area contributed by atoms with Gasteiger partial charge < -0.3 is 9.80 Å². The molecule has 6 nitrogen and oxygen atoms in total. The van der Waals surface area contributed by atoms with Gasteiger partial charge in [0.05, 0.1) is 10.0 Å². The lowest BCUT2D eigenvalue weighted by Crippen LogP contribution is -2.51. The van der Waals surface area contributed by atoms with Crippen LogP contribution in [-0.2, 0) is 9.59 Å². The Morgan fingerprint density at radius 3 is 2.39 bits per heavy atom. The van der Waals surface area contributed by atoms with Gasteiger partial charge in [-0.25, -0.2) is 5.48 Å². The Bertz CT molecular complexity index is 702. The number of benzene rings is 1. The van der Waals surface area contributed by atoms with Crippen LogP contribution < -0.4 is 10.4 Å². The van der Waals surface area contributed by atoms with E-state index in [9.17, 15) is 9.59 Å². The van der Waals surface area contributed by atoms with Crippen LogP contribution in [-0.4, -0.2) is 48.1 Å². The molecular weight excluding hydrogens is 401 g/mol. The molecule has 1 atom stereocenters. The van der Waals surface area contributed by atoms with Crippen molar-refractivity contribution in [3.05, 3.63) is 28.2 Å². The number of amides is 2. The van der Waals surface area contributed by atoms with E-state index >= 15 is 0 Å². The van der Waals surface area contributed by atoms with E-state index in [1.54, 1.807) is 11.5 Å². The Kier molecular flexibility index (Phi) is 7.43. The molecule has 1 aliphatic heterocycles. The molecule has 0 aromatic heterocycles. The summed E-state index contributed by atoms with van der Waals surface area (Å²) in [6.07, 6.45) is 5.39. The van der Waals surface area contributed by atoms with Gasteiger partial charge in [-0.3, -0.25) is 14.8 Å². The summed E-state index contributed by atoms with van der Waals surface area (Å²) in [7, 11) is 0. The maximum atomic E-state index is 13.1. The number of halogens is 2. The fraction of sp³-hybridized carbons (Fsp3) is 0.600. The topological polar surface area (TPSA) is 72.9 Å². The minimum atomic E-state index is -0.495. The summed E-state index contributed by atoms with van der Waals surface area (Å²) in [4.78, 5) is 28.8. The van der Waals surface area contributed by atoms with E-state index in [0.29, 0.717) is 42.1 Å². The summed E-state index contributed by atoms with van der Waals surface area (Å²) in [5.41, 5.74) is 2.66. The second-order valence-electron chi connectivity index (χ2n) is 7.73. The monoisotopic (exact) mass is 427 g/mol. The number of carbonyl (C=O) groups is 2. The number of anilines is 1. The SMILES string of the molecule is O=C(C[C@@H](CC1CCCC1)C(=O)N1CCN(c2ccc(Cl)c(Cl)c2)CC1)NO. The van der Waals surface area contributed by atoms with Crippen LogP contribution in [0.1, 0.15) is 38.5 Å². The Morgan fingerprint density at radius 1 is 1.11 bits per heavy atom. The van der Waals surface area contributed by atoms with Crippen LogP contribution in [0.5, 0.6) is 0 Å². The van der Waals surface area contributed by atoms with E-state index in [-0.39, 0.29) is 18.2 Å². The molecule has 0 unspecified atom stereocenters. The van der Waals surface area contributed by atoms with E-state index in [0.717, 1.165) is 24.9 Å². The second kappa shape index (κ2) is 9.81. The molecule has 2 fully saturated rings. The summed E-state index contributed by atoms with van der Waals surface area (Å²) in [6, 6.07) is 5.55. The van der Waals surface area contributed by atoms with Gasteiger partial charge in [-0.2, -0.15) is 0 Å². The van der Waals surface area contributed by atoms with E-state index in [4.69, 9.17) is 28.4 Å². The van der Waals surface area contributed by atoms with Crippen LogP contribution in [0.25, 0.3) is 0 Å². The fourth-order valence-electron chi connectivity index (χ4n) is 4.31. The van der Waals surface area contributed by atoms with Crippen LogP contribution >= 0.6 is 23.2 Å². The quantitative estimate of drug-likeness (QED) is 0.535. The maximum Gasteiger partial charge on any atom is 0.244 e. The molecule has 0 radical (unpaired) electrons. The molecule has 2 amide bonds. The van der Waals surface area contributed by atoms with Crippen LogP contribution in [0.15, 0.2) is 18.2 Å². The first-order valence-corrected chi connectivity index (χ1v) is 10.6. The summed E-state index contributed by atoms with van der Waals surface area (Å²) in [6.45, 7) is 2.60. The highest BCUT2D eigenvalue weighted by Gasteiger charge is 2.32. The molecule has 1 heterocycles. The van der Waals surface area contributed by atoms with Crippen LogP contribution in [0.2, 0.25) is 10.0 Å². The average molecular weight is 428 g/mol. The van der Waals surface area contributed by atoms with Crippen molar-refractivity contribution in [2.75, 3.05) is 31.1 Å². The molecule has 3 rings (SSSR count). The first-order valence-electron chi connectivity index (χ1n) is 9.89. The average Bonchev–Trinajstić information content (AvgIpc) is 3.22. The number of piperazine rings is 1. The summed E-state index contributed by atoms with van der Waals surface area (Å²) < 4.78 is 0. The molecule has 8 heteroatoms. The number of rotatable bonds is 6. The van der Waals surface area contributed by atoms with Crippen molar-refractivity contribution in [2.45, 2.75) is 38.5 Å². The predicted molar refractivity (Wildman–Crippen MR) is 110 cm³/mol. The first-order chi connectivity index (χ1) is 13.5. The molecule has 0 bridgehead atoms. The second-order valence-corrected chi connectivity index (χ2v) is 8.55. The van der Waals surface area contributed by atoms with Gasteiger partial charge in [0, 0.05) is 44.2 Å². The number of hydrogen-bond acceptors (Lipinski definition) is 4. The number of hydrogen-bond donors (Lipinski definition) is 2. The van der Waals surface area contributed by atoms with E-state index in [1.807, 2.05) is 17.0 Å². The predicted octanol–water partition coefficient (Wildman–Crippen LogP) is 3.73. The Labute approximate surface area is 175 Å². The number of carbonyl (C=O) groups excluding carboxylic acids is 2. The smallest absolute Gasteiger partial charge is 0.244 e. The normalized spacial score (nSPS) is 19.0. The van der Waals surface area contributed by atoms with Crippen LogP contribution in [0.4, 0.5) is 5.69 Å². The molecule has 154 valence electrons. The van der Waals surface area contributed by atoms with Crippen molar-refractivity contribution in [1.29, 1.82) is 0 Å². The molecule has 28 heavy (non-hydrogen) atoms. The Balaban J connectivity index is 1.60. The Hall–Kier alpha value is -1.50. The Morgan fingerprint density at radius 2 is 1.79 bits per heavy atom. The minimum absolute atomic E-state index is 0.0179. The van der Waals surface area contributed by atoms with Crippen molar-refractivity contribution in [2.24, 2.45) is 11.8 Å². The van der Waals surface area contributed by atoms with Crippen LogP contribution in [0, 0.1) is 11.8 Å². The van der Waals surface area contributed by atoms with Crippen molar-refractivity contribution < 1.29 is 14.8 Å². The maximum absolute atomic E-state index is 13.1. The van der Waals surface area contributed by atoms with Gasteiger partial charge in [-0.05, 0) is 30.5 Å². The lowest BCUT2D eigenvalue weighted by atomic mass is 9.89. The number of nitrogens with zero attached hydrogens (tertiary/aromatic N) is 2. The van der Waals surface area contributed by atoms with E-state index in [2.05, 4.69) is 4.90 Å². The largest absolute Gasteiger partial charge is 0.368 e. The summed E-state index contributed by atoms with van der Waals surface area (Å²) in [5.74, 6) is -0.347. The van der Waals surface area contributed by atoms with Gasteiger partial charge in [0.25, 0.3) is 0 Å². The zero-order chi connectivity index (χ0) is 20.1.